The van der Waals surface area contributed by atoms with E-state index in [4.69, 9.17) is 4.74 Å². The Morgan fingerprint density at radius 3 is 2.53 bits per heavy atom. The number of alkyl halides is 3. The van der Waals surface area contributed by atoms with Gasteiger partial charge in [-0.15, -0.1) is 0 Å². The van der Waals surface area contributed by atoms with Crippen LogP contribution in [-0.2, 0) is 25.5 Å². The molecule has 15 heteroatoms. The van der Waals surface area contributed by atoms with Crippen LogP contribution in [-0.4, -0.2) is 92.6 Å². The molecule has 4 heterocycles. The van der Waals surface area contributed by atoms with Gasteiger partial charge in [-0.3, -0.25) is 9.59 Å². The first kappa shape index (κ1) is 27.8. The summed E-state index contributed by atoms with van der Waals surface area (Å²) in [5.41, 5.74) is -2.81. The number of rotatable bonds is 8. The van der Waals surface area contributed by atoms with Gasteiger partial charge < -0.3 is 19.4 Å². The fourth-order valence-electron chi connectivity index (χ4n) is 4.71. The summed E-state index contributed by atoms with van der Waals surface area (Å²) in [7, 11) is -3.32. The molecule has 0 saturated carbocycles. The van der Waals surface area contributed by atoms with Gasteiger partial charge in [-0.2, -0.15) is 18.3 Å². The number of aromatic nitrogens is 3. The average Bonchev–Trinajstić information content (AvgIpc) is 3.34. The first-order chi connectivity index (χ1) is 17.9. The summed E-state index contributed by atoms with van der Waals surface area (Å²) in [4.78, 5) is 34.0. The van der Waals surface area contributed by atoms with Crippen LogP contribution in [0.25, 0.3) is 0 Å². The summed E-state index contributed by atoms with van der Waals surface area (Å²) in [5.74, 6) is 0.546. The monoisotopic (exact) mass is 558 g/mol. The van der Waals surface area contributed by atoms with Crippen LogP contribution in [0.3, 0.4) is 0 Å². The van der Waals surface area contributed by atoms with Gasteiger partial charge in [0.05, 0.1) is 42.5 Å². The molecule has 0 bridgehead atoms. The van der Waals surface area contributed by atoms with E-state index in [0.717, 1.165) is 12.5 Å². The first-order valence-corrected chi connectivity index (χ1v) is 14.0. The van der Waals surface area contributed by atoms with E-state index in [9.17, 15) is 31.2 Å². The second kappa shape index (κ2) is 11.3. The summed E-state index contributed by atoms with van der Waals surface area (Å²) in [6.07, 6.45) is 0.0174. The quantitative estimate of drug-likeness (QED) is 0.477. The summed E-state index contributed by atoms with van der Waals surface area (Å²) < 4.78 is 69.3. The van der Waals surface area contributed by atoms with Crippen molar-refractivity contribution in [1.29, 1.82) is 0 Å². The van der Waals surface area contributed by atoms with E-state index in [1.54, 1.807) is 11.0 Å². The number of nitrogens with zero attached hydrogens (tertiary/aromatic N) is 5. The van der Waals surface area contributed by atoms with Crippen molar-refractivity contribution in [3.63, 3.8) is 0 Å². The standard InChI is InChI=1S/C23H29F3N6O5S/c1-38(35,36)17-4-5-19(27-13-17)30-8-10-31(11-9-30)20(33)6-12-37-15-16-3-2-7-32(16)18-14-28-29-22(34)21(18)23(24,25)26/h4-5,13-14,16H,2-3,6-12,15H2,1H3,(H,29,34). The molecular weight excluding hydrogens is 529 g/mol. The Labute approximate surface area is 217 Å². The third kappa shape index (κ3) is 6.43. The van der Waals surface area contributed by atoms with Gasteiger partial charge >= 0.3 is 6.18 Å². The highest BCUT2D eigenvalue weighted by atomic mass is 32.2. The average molecular weight is 559 g/mol. The smallest absolute Gasteiger partial charge is 0.379 e. The van der Waals surface area contributed by atoms with Gasteiger partial charge in [0, 0.05) is 45.2 Å². The van der Waals surface area contributed by atoms with Crippen molar-refractivity contribution >= 4 is 27.2 Å². The third-order valence-electron chi connectivity index (χ3n) is 6.68. The van der Waals surface area contributed by atoms with Crippen LogP contribution in [0.2, 0.25) is 0 Å². The molecule has 2 aliphatic rings. The zero-order valence-corrected chi connectivity index (χ0v) is 21.6. The lowest BCUT2D eigenvalue weighted by Crippen LogP contribution is -2.49. The van der Waals surface area contributed by atoms with Crippen LogP contribution in [0.1, 0.15) is 24.8 Å². The summed E-state index contributed by atoms with van der Waals surface area (Å²) >= 11 is 0. The number of hydrogen-bond donors (Lipinski definition) is 1. The Balaban J connectivity index is 1.24. The largest absolute Gasteiger partial charge is 0.423 e. The Hall–Kier alpha value is -3.20. The SMILES string of the molecule is CS(=O)(=O)c1ccc(N2CCN(C(=O)CCOCC3CCCN3c3cn[nH]c(=O)c3C(F)(F)F)CC2)nc1. The lowest BCUT2D eigenvalue weighted by molar-refractivity contribution is -0.138. The van der Waals surface area contributed by atoms with E-state index in [2.05, 4.69) is 10.1 Å². The third-order valence-corrected chi connectivity index (χ3v) is 7.78. The lowest BCUT2D eigenvalue weighted by Gasteiger charge is -2.35. The van der Waals surface area contributed by atoms with Crippen molar-refractivity contribution in [2.45, 2.75) is 36.4 Å². The molecule has 0 radical (unpaired) electrons. The van der Waals surface area contributed by atoms with Gasteiger partial charge in [0.25, 0.3) is 5.56 Å². The molecule has 2 aromatic rings. The number of carbonyl (C=O) groups excluding carboxylic acids is 1. The number of carbonyl (C=O) groups is 1. The van der Waals surface area contributed by atoms with Crippen LogP contribution in [0, 0.1) is 0 Å². The summed E-state index contributed by atoms with van der Waals surface area (Å²) in [6.45, 7) is 2.62. The first-order valence-electron chi connectivity index (χ1n) is 12.1. The number of hydrogen-bond acceptors (Lipinski definition) is 9. The minimum Gasteiger partial charge on any atom is -0.379 e. The van der Waals surface area contributed by atoms with Gasteiger partial charge in [0.2, 0.25) is 5.91 Å². The fraction of sp³-hybridized carbons (Fsp3) is 0.565. The van der Waals surface area contributed by atoms with Crippen molar-refractivity contribution in [2.24, 2.45) is 0 Å². The topological polar surface area (TPSA) is 129 Å². The van der Waals surface area contributed by atoms with Crippen LogP contribution in [0.5, 0.6) is 0 Å². The second-order valence-corrected chi connectivity index (χ2v) is 11.3. The number of aromatic amines is 1. The maximum absolute atomic E-state index is 13.5. The van der Waals surface area contributed by atoms with Crippen molar-refractivity contribution in [3.05, 3.63) is 40.4 Å². The minimum atomic E-state index is -4.81. The molecule has 208 valence electrons. The number of ether oxygens (including phenoxy) is 1. The van der Waals surface area contributed by atoms with Gasteiger partial charge in [-0.25, -0.2) is 18.5 Å². The molecule has 1 atom stereocenters. The number of nitrogens with one attached hydrogen (secondary N) is 1. The molecule has 0 spiro atoms. The van der Waals surface area contributed by atoms with Crippen LogP contribution in [0.15, 0.2) is 34.2 Å². The summed E-state index contributed by atoms with van der Waals surface area (Å²) in [6, 6.07) is 2.79. The van der Waals surface area contributed by atoms with E-state index in [1.807, 2.05) is 10.00 Å². The number of sulfone groups is 1. The Morgan fingerprint density at radius 2 is 1.89 bits per heavy atom. The molecule has 0 aliphatic carbocycles. The number of pyridine rings is 1. The van der Waals surface area contributed by atoms with Crippen molar-refractivity contribution in [1.82, 2.24) is 20.1 Å². The number of anilines is 2. The molecule has 2 fully saturated rings. The predicted octanol–water partition coefficient (Wildman–Crippen LogP) is 1.31. The van der Waals surface area contributed by atoms with Gasteiger partial charge in [-0.1, -0.05) is 0 Å². The molecule has 2 aliphatic heterocycles. The molecule has 1 amide bonds. The Kier molecular flexibility index (Phi) is 8.25. The number of halogens is 3. The Morgan fingerprint density at radius 1 is 1.16 bits per heavy atom. The van der Waals surface area contributed by atoms with Crippen molar-refractivity contribution in [2.75, 3.05) is 62.0 Å². The van der Waals surface area contributed by atoms with Gasteiger partial charge in [-0.05, 0) is 25.0 Å². The maximum Gasteiger partial charge on any atom is 0.423 e. The van der Waals surface area contributed by atoms with E-state index in [1.165, 1.54) is 17.2 Å². The van der Waals surface area contributed by atoms with E-state index in [0.29, 0.717) is 51.4 Å². The normalized spacial score (nSPS) is 18.7. The van der Waals surface area contributed by atoms with E-state index in [-0.39, 0.29) is 42.2 Å². The molecule has 0 aromatic carbocycles. The van der Waals surface area contributed by atoms with E-state index >= 15 is 0 Å². The Bertz CT molecular complexity index is 1290. The molecule has 11 nitrogen and oxygen atoms in total. The zero-order valence-electron chi connectivity index (χ0n) is 20.8. The highest BCUT2D eigenvalue weighted by Gasteiger charge is 2.40. The highest BCUT2D eigenvalue weighted by molar-refractivity contribution is 7.90. The molecule has 1 N–H and O–H groups in total. The van der Waals surface area contributed by atoms with E-state index < -0.39 is 27.1 Å². The molecular formula is C23H29F3N6O5S. The molecule has 2 aromatic heterocycles. The molecule has 4 rings (SSSR count). The van der Waals surface area contributed by atoms with Gasteiger partial charge in [0.1, 0.15) is 11.4 Å². The minimum absolute atomic E-state index is 0.0912. The number of H-pyrrole nitrogens is 1. The van der Waals surface area contributed by atoms with Crippen LogP contribution < -0.4 is 15.4 Å². The lowest BCUT2D eigenvalue weighted by atomic mass is 10.2. The molecule has 2 saturated heterocycles. The number of piperazine rings is 1. The van der Waals surface area contributed by atoms with Crippen LogP contribution in [0.4, 0.5) is 24.7 Å². The van der Waals surface area contributed by atoms with Gasteiger partial charge in [0.15, 0.2) is 9.84 Å². The second-order valence-electron chi connectivity index (χ2n) is 9.26. The highest BCUT2D eigenvalue weighted by Crippen LogP contribution is 2.36. The zero-order chi connectivity index (χ0) is 27.5. The molecule has 38 heavy (non-hydrogen) atoms. The van der Waals surface area contributed by atoms with Crippen LogP contribution >= 0.6 is 0 Å². The molecule has 1 unspecified atom stereocenters. The summed E-state index contributed by atoms with van der Waals surface area (Å²) in [5, 5.41) is 5.39. The maximum atomic E-state index is 13.5. The van der Waals surface area contributed by atoms with Crippen molar-refractivity contribution < 1.29 is 31.1 Å². The number of amides is 1. The predicted molar refractivity (Wildman–Crippen MR) is 132 cm³/mol. The fourth-order valence-corrected chi connectivity index (χ4v) is 5.27. The van der Waals surface area contributed by atoms with Crippen molar-refractivity contribution in [3.8, 4) is 0 Å².